The molecule has 1 aromatic carbocycles. The van der Waals surface area contributed by atoms with Crippen LogP contribution in [-0.2, 0) is 20.7 Å². The number of amides is 1. The van der Waals surface area contributed by atoms with E-state index < -0.39 is 0 Å². The summed E-state index contributed by atoms with van der Waals surface area (Å²) in [4.78, 5) is 25.2. The molecule has 1 amide bonds. The van der Waals surface area contributed by atoms with E-state index in [9.17, 15) is 9.59 Å². The number of hydrogen-bond acceptors (Lipinski definition) is 4. The zero-order chi connectivity index (χ0) is 15.7. The number of carbonyl (C=O) groups excluding carboxylic acids is 2. The van der Waals surface area contributed by atoms with Crippen molar-refractivity contribution >= 4 is 17.6 Å². The summed E-state index contributed by atoms with van der Waals surface area (Å²) in [6, 6.07) is 7.76. The molecule has 0 aliphatic rings. The van der Waals surface area contributed by atoms with Crippen molar-refractivity contribution < 1.29 is 14.3 Å². The van der Waals surface area contributed by atoms with Gasteiger partial charge in [0.2, 0.25) is 5.91 Å². The Morgan fingerprint density at radius 3 is 2.57 bits per heavy atom. The monoisotopic (exact) mass is 292 g/mol. The molecule has 21 heavy (non-hydrogen) atoms. The van der Waals surface area contributed by atoms with E-state index >= 15 is 0 Å². The normalized spacial score (nSPS) is 10.5. The molecule has 0 aliphatic heterocycles. The van der Waals surface area contributed by atoms with Gasteiger partial charge in [-0.3, -0.25) is 14.5 Å². The first kappa shape index (κ1) is 17.2. The predicted octanol–water partition coefficient (Wildman–Crippen LogP) is 2.07. The lowest BCUT2D eigenvalue weighted by atomic mass is 10.1. The lowest BCUT2D eigenvalue weighted by Gasteiger charge is -2.18. The van der Waals surface area contributed by atoms with Crippen LogP contribution in [0.3, 0.4) is 0 Å². The van der Waals surface area contributed by atoms with Gasteiger partial charge >= 0.3 is 5.97 Å². The number of ether oxygens (including phenoxy) is 1. The number of nitrogens with zero attached hydrogens (tertiary/aromatic N) is 1. The van der Waals surface area contributed by atoms with Gasteiger partial charge in [0.15, 0.2) is 0 Å². The van der Waals surface area contributed by atoms with Crippen molar-refractivity contribution in [2.24, 2.45) is 0 Å². The van der Waals surface area contributed by atoms with Crippen molar-refractivity contribution in [1.82, 2.24) is 4.90 Å². The van der Waals surface area contributed by atoms with Gasteiger partial charge in [-0.1, -0.05) is 26.0 Å². The number of aryl methyl sites for hydroxylation is 1. The fourth-order valence-corrected chi connectivity index (χ4v) is 1.94. The van der Waals surface area contributed by atoms with E-state index in [1.165, 1.54) is 5.56 Å². The maximum atomic E-state index is 12.0. The molecule has 116 valence electrons. The Morgan fingerprint density at radius 2 is 1.95 bits per heavy atom. The lowest BCUT2D eigenvalue weighted by Crippen LogP contribution is -2.37. The molecule has 5 heteroatoms. The maximum absolute atomic E-state index is 12.0. The maximum Gasteiger partial charge on any atom is 0.320 e. The molecule has 0 atom stereocenters. The average Bonchev–Trinajstić information content (AvgIpc) is 2.46. The Kier molecular flexibility index (Phi) is 7.46. The predicted molar refractivity (Wildman–Crippen MR) is 83.2 cm³/mol. The third-order valence-electron chi connectivity index (χ3n) is 3.09. The van der Waals surface area contributed by atoms with E-state index in [-0.39, 0.29) is 25.0 Å². The largest absolute Gasteiger partial charge is 0.465 e. The number of carbonyl (C=O) groups is 2. The van der Waals surface area contributed by atoms with Crippen molar-refractivity contribution in [3.8, 4) is 0 Å². The van der Waals surface area contributed by atoms with Crippen molar-refractivity contribution in [2.75, 3.05) is 31.6 Å². The summed E-state index contributed by atoms with van der Waals surface area (Å²) in [6.07, 6.45) is 0.924. The van der Waals surface area contributed by atoms with Gasteiger partial charge in [-0.25, -0.2) is 0 Å². The van der Waals surface area contributed by atoms with Gasteiger partial charge in [0.1, 0.15) is 0 Å². The van der Waals surface area contributed by atoms with Crippen LogP contribution in [0, 0.1) is 0 Å². The van der Waals surface area contributed by atoms with Crippen LogP contribution >= 0.6 is 0 Å². The van der Waals surface area contributed by atoms with Crippen LogP contribution in [0.25, 0.3) is 0 Å². The second-order valence-corrected chi connectivity index (χ2v) is 4.71. The van der Waals surface area contributed by atoms with Crippen LogP contribution in [0.1, 0.15) is 26.3 Å². The van der Waals surface area contributed by atoms with E-state index in [0.717, 1.165) is 12.1 Å². The fraction of sp³-hybridized carbons (Fsp3) is 0.500. The number of esters is 1. The summed E-state index contributed by atoms with van der Waals surface area (Å²) >= 11 is 0. The summed E-state index contributed by atoms with van der Waals surface area (Å²) in [6.45, 7) is 7.01. The van der Waals surface area contributed by atoms with Crippen LogP contribution in [0.15, 0.2) is 24.3 Å². The van der Waals surface area contributed by atoms with Gasteiger partial charge in [-0.05, 0) is 37.6 Å². The number of nitrogens with one attached hydrogen (secondary N) is 1. The van der Waals surface area contributed by atoms with Crippen molar-refractivity contribution in [3.05, 3.63) is 29.8 Å². The zero-order valence-corrected chi connectivity index (χ0v) is 13.0. The van der Waals surface area contributed by atoms with Crippen LogP contribution in [0.4, 0.5) is 5.69 Å². The Morgan fingerprint density at radius 1 is 1.19 bits per heavy atom. The highest BCUT2D eigenvalue weighted by Crippen LogP contribution is 2.11. The fourth-order valence-electron chi connectivity index (χ4n) is 1.94. The van der Waals surface area contributed by atoms with Crippen LogP contribution < -0.4 is 5.32 Å². The lowest BCUT2D eigenvalue weighted by molar-refractivity contribution is -0.144. The third-order valence-corrected chi connectivity index (χ3v) is 3.09. The van der Waals surface area contributed by atoms with Crippen molar-refractivity contribution in [2.45, 2.75) is 27.2 Å². The molecule has 0 fully saturated rings. The Bertz CT molecular complexity index is 474. The molecule has 0 aromatic heterocycles. The number of hydrogen-bond donors (Lipinski definition) is 1. The van der Waals surface area contributed by atoms with Crippen LogP contribution in [0.2, 0.25) is 0 Å². The summed E-state index contributed by atoms with van der Waals surface area (Å²) in [7, 11) is 0. The summed E-state index contributed by atoms with van der Waals surface area (Å²) < 4.78 is 4.89. The SMILES string of the molecule is CCOC(=O)CN(CC)CC(=O)Nc1cccc(CC)c1. The molecule has 1 N–H and O–H groups in total. The number of likely N-dealkylation sites (N-methyl/N-ethyl adjacent to an activating group) is 1. The number of rotatable bonds is 8. The Labute approximate surface area is 126 Å². The molecule has 1 aromatic rings. The molecular formula is C16H24N2O3. The topological polar surface area (TPSA) is 58.6 Å². The molecule has 1 rings (SSSR count). The van der Waals surface area contributed by atoms with Gasteiger partial charge in [0.25, 0.3) is 0 Å². The van der Waals surface area contributed by atoms with Gasteiger partial charge in [0.05, 0.1) is 19.7 Å². The minimum Gasteiger partial charge on any atom is -0.465 e. The number of benzene rings is 1. The molecule has 0 bridgehead atoms. The molecule has 0 spiro atoms. The average molecular weight is 292 g/mol. The minimum absolute atomic E-state index is 0.130. The first-order valence-corrected chi connectivity index (χ1v) is 7.35. The highest BCUT2D eigenvalue weighted by Gasteiger charge is 2.13. The highest BCUT2D eigenvalue weighted by atomic mass is 16.5. The van der Waals surface area contributed by atoms with Crippen molar-refractivity contribution in [3.63, 3.8) is 0 Å². The van der Waals surface area contributed by atoms with E-state index in [0.29, 0.717) is 13.2 Å². The highest BCUT2D eigenvalue weighted by molar-refractivity contribution is 5.92. The van der Waals surface area contributed by atoms with Crippen LogP contribution in [-0.4, -0.2) is 43.0 Å². The minimum atomic E-state index is -0.305. The van der Waals surface area contributed by atoms with Gasteiger partial charge in [-0.2, -0.15) is 0 Å². The van der Waals surface area contributed by atoms with Gasteiger partial charge in [0, 0.05) is 5.69 Å². The molecule has 0 saturated carbocycles. The molecule has 5 nitrogen and oxygen atoms in total. The van der Waals surface area contributed by atoms with E-state index in [1.54, 1.807) is 11.8 Å². The molecule has 0 unspecified atom stereocenters. The first-order chi connectivity index (χ1) is 10.1. The Balaban J connectivity index is 2.52. The standard InChI is InChI=1S/C16H24N2O3/c1-4-13-8-7-9-14(10-13)17-15(19)11-18(5-2)12-16(20)21-6-3/h7-10H,4-6,11-12H2,1-3H3,(H,17,19). The summed E-state index contributed by atoms with van der Waals surface area (Å²) in [5.41, 5.74) is 1.96. The number of anilines is 1. The third kappa shape index (κ3) is 6.40. The molecule has 0 radical (unpaired) electrons. The molecule has 0 aliphatic carbocycles. The van der Waals surface area contributed by atoms with E-state index in [1.807, 2.05) is 31.2 Å². The summed E-state index contributed by atoms with van der Waals surface area (Å²) in [5.74, 6) is -0.436. The van der Waals surface area contributed by atoms with Crippen molar-refractivity contribution in [1.29, 1.82) is 0 Å². The smallest absolute Gasteiger partial charge is 0.320 e. The second-order valence-electron chi connectivity index (χ2n) is 4.71. The van der Waals surface area contributed by atoms with Crippen LogP contribution in [0.5, 0.6) is 0 Å². The second kappa shape index (κ2) is 9.13. The molecular weight excluding hydrogens is 268 g/mol. The quantitative estimate of drug-likeness (QED) is 0.745. The van der Waals surface area contributed by atoms with E-state index in [4.69, 9.17) is 4.74 Å². The first-order valence-electron chi connectivity index (χ1n) is 7.35. The zero-order valence-electron chi connectivity index (χ0n) is 13.0. The Hall–Kier alpha value is -1.88. The summed E-state index contributed by atoms with van der Waals surface area (Å²) in [5, 5.41) is 2.85. The van der Waals surface area contributed by atoms with Gasteiger partial charge < -0.3 is 10.1 Å². The molecule has 0 saturated heterocycles. The van der Waals surface area contributed by atoms with Gasteiger partial charge in [-0.15, -0.1) is 0 Å². The van der Waals surface area contributed by atoms with E-state index in [2.05, 4.69) is 12.2 Å². The molecule has 0 heterocycles.